The zero-order valence-electron chi connectivity index (χ0n) is 57.7. The number of phenolic OH excluding ortho intramolecular Hbond substituents is 3. The highest BCUT2D eigenvalue weighted by Crippen LogP contribution is 2.50. The fraction of sp³-hybridized carbons (Fsp3) is 0.457. The number of nitrogens with two attached hydrogens (primary N) is 1. The van der Waals surface area contributed by atoms with E-state index < -0.39 is 214 Å². The smallest absolute Gasteiger partial charge is 0.248 e. The summed E-state index contributed by atoms with van der Waals surface area (Å²) >= 11 is 14.2. The molecule has 7 aliphatic rings. The fourth-order valence-corrected chi connectivity index (χ4v) is 13.6. The summed E-state index contributed by atoms with van der Waals surface area (Å²) in [6.45, 7) is 8.37. The number of likely N-dealkylation sites (N-methyl/N-ethyl adjacent to an activating group) is 2. The maximum Gasteiger partial charge on any atom is 0.248 e. The van der Waals surface area contributed by atoms with Crippen molar-refractivity contribution in [1.29, 1.82) is 0 Å². The number of benzene rings is 5. The number of hydrogen-bond acceptors (Lipinski definition) is 25. The summed E-state index contributed by atoms with van der Waals surface area (Å²) < 4.78 is 39.0. The molecule has 18 atom stereocenters. The van der Waals surface area contributed by atoms with Gasteiger partial charge in [0.2, 0.25) is 53.4 Å². The Morgan fingerprint density at radius 3 is 1.90 bits per heavy atom. The molecular formula is C70H83Cl2N9O23. The Morgan fingerprint density at radius 1 is 0.731 bits per heavy atom. The minimum absolute atomic E-state index is 0.0744. The Balaban J connectivity index is 1.24. The van der Waals surface area contributed by atoms with E-state index in [0.29, 0.717) is 0 Å². The number of hydrogen-bond donors (Lipinski definition) is 17. The molecule has 0 spiro atoms. The highest BCUT2D eigenvalue weighted by atomic mass is 35.5. The van der Waals surface area contributed by atoms with Crippen LogP contribution in [0.15, 0.2) is 72.8 Å². The van der Waals surface area contributed by atoms with Crippen LogP contribution in [0.2, 0.25) is 10.0 Å². The Labute approximate surface area is 605 Å². The number of amides is 7. The van der Waals surface area contributed by atoms with E-state index in [1.807, 2.05) is 13.8 Å². The Kier molecular flexibility index (Phi) is 23.4. The second kappa shape index (κ2) is 31.4. The van der Waals surface area contributed by atoms with Crippen LogP contribution in [0.25, 0.3) is 11.1 Å². The zero-order valence-corrected chi connectivity index (χ0v) is 59.2. The van der Waals surface area contributed by atoms with Crippen molar-refractivity contribution in [2.24, 2.45) is 11.7 Å². The van der Waals surface area contributed by atoms with E-state index in [9.17, 15) is 65.1 Å². The minimum Gasteiger partial charge on any atom is -0.508 e. The molecule has 0 radical (unpaired) electrons. The summed E-state index contributed by atoms with van der Waals surface area (Å²) in [5, 5.41) is 122. The van der Waals surface area contributed by atoms with Crippen molar-refractivity contribution in [3.63, 3.8) is 0 Å². The highest BCUT2D eigenvalue weighted by molar-refractivity contribution is 6.32. The molecule has 34 heteroatoms. The fourth-order valence-electron chi connectivity index (χ4n) is 13.1. The molecule has 7 heterocycles. The van der Waals surface area contributed by atoms with Crippen LogP contribution in [0.5, 0.6) is 46.0 Å². The van der Waals surface area contributed by atoms with Crippen molar-refractivity contribution in [2.75, 3.05) is 27.7 Å². The number of rotatable bonds is 14. The van der Waals surface area contributed by atoms with Crippen LogP contribution in [0.1, 0.15) is 118 Å². The molecule has 2 fully saturated rings. The first-order valence-corrected chi connectivity index (χ1v) is 33.9. The number of fused-ring (bicyclic) bond motifs is 15. The summed E-state index contributed by atoms with van der Waals surface area (Å²) in [6.07, 6.45) is -17.8. The normalized spacial score (nSPS) is 29.0. The van der Waals surface area contributed by atoms with Crippen LogP contribution < -0.4 is 57.2 Å². The van der Waals surface area contributed by atoms with Gasteiger partial charge in [0, 0.05) is 23.1 Å². The first-order chi connectivity index (χ1) is 49.0. The predicted molar refractivity (Wildman–Crippen MR) is 367 cm³/mol. The van der Waals surface area contributed by atoms with Crippen molar-refractivity contribution in [3.05, 3.63) is 116 Å². The number of aromatic hydroxyl groups is 3. The van der Waals surface area contributed by atoms with E-state index in [0.717, 1.165) is 55.5 Å². The lowest BCUT2D eigenvalue weighted by atomic mass is 9.84. The topological polar surface area (TPSA) is 487 Å². The van der Waals surface area contributed by atoms with Gasteiger partial charge in [0.15, 0.2) is 29.7 Å². The largest absolute Gasteiger partial charge is 0.508 e. The SMILES string of the molecule is CN[C@H](CC(C)C)C(=O)NC1C(=O)N[C@@H](CC(N)=O)C(=O)N[C@H]2C(=O)N[C@H]3C(=O)N[C@H](C(=O)N[C@H](C(C)=O)c4cc(O)c(C)c(O)c4-c4cc3ccc4O)[C@H](O)c3ccc(c(Cl)c3)Oc3cc2cc(c3O[C@@H]2O[C@H](CO)[C@@H](O)[C@H](O)[C@H]2O[C@H]2C[C@](C)(N(C)C)[C@H](O)[C@H](C)O2)Oc2ccc(cc2Cl)[C@H]1O. The lowest BCUT2D eigenvalue weighted by molar-refractivity contribution is -0.337. The lowest BCUT2D eigenvalue weighted by Gasteiger charge is -2.50. The van der Waals surface area contributed by atoms with E-state index in [4.69, 9.17) is 57.4 Å². The number of aliphatic hydroxyl groups is 6. The third-order valence-electron chi connectivity index (χ3n) is 19.3. The molecule has 32 nitrogen and oxygen atoms in total. The Morgan fingerprint density at radius 2 is 1.33 bits per heavy atom. The van der Waals surface area contributed by atoms with Gasteiger partial charge in [-0.2, -0.15) is 0 Å². The molecule has 0 aromatic heterocycles. The monoisotopic (exact) mass is 1490 g/mol. The molecule has 104 heavy (non-hydrogen) atoms. The number of ether oxygens (including phenoxy) is 6. The zero-order chi connectivity index (χ0) is 76.0. The molecule has 1 unspecified atom stereocenters. The number of ketones is 1. The maximum absolute atomic E-state index is 16.1. The summed E-state index contributed by atoms with van der Waals surface area (Å²) in [5.41, 5.74) is 2.45. The molecule has 11 bridgehead atoms. The summed E-state index contributed by atoms with van der Waals surface area (Å²) in [5.74, 6) is -14.0. The van der Waals surface area contributed by atoms with Crippen molar-refractivity contribution in [3.8, 4) is 57.1 Å². The van der Waals surface area contributed by atoms with Crippen LogP contribution >= 0.6 is 23.2 Å². The molecular weight excluding hydrogens is 1410 g/mol. The summed E-state index contributed by atoms with van der Waals surface area (Å²) in [6, 6.07) is -0.00248. The van der Waals surface area contributed by atoms with Gasteiger partial charge in [-0.05, 0) is 144 Å². The first kappa shape index (κ1) is 77.6. The van der Waals surface area contributed by atoms with Crippen molar-refractivity contribution in [1.82, 2.24) is 42.1 Å². The molecule has 7 amide bonds. The summed E-state index contributed by atoms with van der Waals surface area (Å²) in [4.78, 5) is 120. The van der Waals surface area contributed by atoms with Crippen LogP contribution in [0.3, 0.4) is 0 Å². The molecule has 0 saturated carbocycles. The lowest BCUT2D eigenvalue weighted by Crippen LogP contribution is -2.65. The molecule has 0 aliphatic carbocycles. The van der Waals surface area contributed by atoms with Crippen LogP contribution in [0.4, 0.5) is 0 Å². The first-order valence-electron chi connectivity index (χ1n) is 33.1. The van der Waals surface area contributed by atoms with Gasteiger partial charge in [0.25, 0.3) is 0 Å². The Bertz CT molecular complexity index is 4190. The van der Waals surface area contributed by atoms with E-state index in [2.05, 4.69) is 37.2 Å². The third kappa shape index (κ3) is 15.8. The van der Waals surface area contributed by atoms with Gasteiger partial charge in [0.1, 0.15) is 95.5 Å². The molecule has 560 valence electrons. The summed E-state index contributed by atoms with van der Waals surface area (Å²) in [7, 11) is 4.91. The van der Waals surface area contributed by atoms with Gasteiger partial charge in [-0.1, -0.05) is 55.2 Å². The van der Waals surface area contributed by atoms with Crippen molar-refractivity contribution < 1.29 is 113 Å². The number of carbonyl (C=O) groups is 8. The van der Waals surface area contributed by atoms with Gasteiger partial charge in [-0.3, -0.25) is 38.4 Å². The third-order valence-corrected chi connectivity index (χ3v) is 19.9. The molecule has 18 N–H and O–H groups in total. The number of Topliss-reactive ketones (excluding diaryl/α,β-unsaturated/α-hetero) is 1. The van der Waals surface area contributed by atoms with E-state index in [1.165, 1.54) is 38.2 Å². The quantitative estimate of drug-likeness (QED) is 0.0749. The van der Waals surface area contributed by atoms with Crippen LogP contribution in [0, 0.1) is 12.8 Å². The second-order valence-corrected chi connectivity index (χ2v) is 28.0. The number of aliphatic hydroxyl groups excluding tert-OH is 6. The molecule has 2 saturated heterocycles. The molecule has 12 rings (SSSR count). The predicted octanol–water partition coefficient (Wildman–Crippen LogP) is 1.52. The van der Waals surface area contributed by atoms with Crippen LogP contribution in [-0.4, -0.2) is 205 Å². The average Bonchev–Trinajstić information content (AvgIpc) is 0.764. The van der Waals surface area contributed by atoms with Gasteiger partial charge < -0.3 is 122 Å². The van der Waals surface area contributed by atoms with E-state index in [-0.39, 0.29) is 74.2 Å². The average molecular weight is 1490 g/mol. The minimum atomic E-state index is -2.31. The molecule has 5 aromatic carbocycles. The maximum atomic E-state index is 16.1. The number of carbonyl (C=O) groups excluding carboxylic acids is 8. The standard InChI is InChI=1S/C70H83Cl2N9O23/c1-26(2)16-38(74-7)63(93)79-53-56(88)31-11-14-42(36(71)18-31)100-44-20-33-21-45(60(44)104-69-61(59(91)58(90)46(25-82)102-69)103-48-24-70(6,81(8)9)62(92)29(5)99-48)101-43-15-12-32(19-37(43)72)57(89)54-68(98)76-50(28(4)83)35-22-41(85)27(3)55(87)49(35)34-17-30(10-13-40(34)84)51(65(95)80-54)78-66(96)52(33)77-64(94)39(23-47(73)86)75-67(53)97/h10-15,17-22,26,29,38-39,46,48,50-54,56-59,61-62,69,74,82,84-85,87-92H,16,23-25H2,1-9H3,(H2,73,86)(H,75,97)(H,76,98)(H,77,94)(H,78,96)(H,79,93)(H,80,95)/t29-,38+,39-,46+,48-,50+,51+,52+,53?,54-,56+,57+,58+,59-,61+,62+,69-,70-/m0/s1. The highest BCUT2D eigenvalue weighted by Gasteiger charge is 2.53. The number of nitrogens with one attached hydrogen (secondary N) is 7. The van der Waals surface area contributed by atoms with E-state index in [1.54, 1.807) is 32.8 Å². The number of phenols is 3. The van der Waals surface area contributed by atoms with Crippen molar-refractivity contribution >= 4 is 70.3 Å². The number of nitrogens with zero attached hydrogens (tertiary/aromatic N) is 1. The van der Waals surface area contributed by atoms with Gasteiger partial charge >= 0.3 is 0 Å². The van der Waals surface area contributed by atoms with E-state index >= 15 is 19.2 Å². The molecule has 7 aliphatic heterocycles. The van der Waals surface area contributed by atoms with Gasteiger partial charge in [0.05, 0.1) is 46.9 Å². The van der Waals surface area contributed by atoms with Gasteiger partial charge in [-0.15, -0.1) is 0 Å². The number of primary amides is 1. The Hall–Kier alpha value is -9.00. The van der Waals surface area contributed by atoms with Crippen molar-refractivity contribution in [2.45, 2.75) is 170 Å². The van der Waals surface area contributed by atoms with Crippen LogP contribution in [-0.2, 0) is 52.6 Å². The molecule has 5 aromatic rings. The number of halogens is 2. The second-order valence-electron chi connectivity index (χ2n) is 27.1. The van der Waals surface area contributed by atoms with Gasteiger partial charge in [-0.25, -0.2) is 0 Å².